The van der Waals surface area contributed by atoms with E-state index in [1.165, 1.54) is 18.3 Å². The van der Waals surface area contributed by atoms with Gasteiger partial charge in [-0.2, -0.15) is 9.65 Å². The average molecular weight is 562 g/mol. The summed E-state index contributed by atoms with van der Waals surface area (Å²) in [5.41, 5.74) is 4.24. The fraction of sp³-hybridized carbons (Fsp3) is 0.179. The Balaban J connectivity index is 1.39. The van der Waals surface area contributed by atoms with E-state index < -0.39 is 5.95 Å². The molecule has 186 valence electrons. The fourth-order valence-corrected chi connectivity index (χ4v) is 4.98. The zero-order valence-electron chi connectivity index (χ0n) is 19.7. The number of hydrogen-bond donors (Lipinski definition) is 1. The van der Waals surface area contributed by atoms with Gasteiger partial charge in [-0.15, -0.1) is 0 Å². The minimum Gasteiger partial charge on any atom is -0.333 e. The van der Waals surface area contributed by atoms with Crippen LogP contribution in [0.5, 0.6) is 0 Å². The highest BCUT2D eigenvalue weighted by molar-refractivity contribution is 9.10. The van der Waals surface area contributed by atoms with Crippen LogP contribution < -0.4 is 5.32 Å². The molecule has 0 aliphatic carbocycles. The molecule has 0 atom stereocenters. The van der Waals surface area contributed by atoms with E-state index in [4.69, 9.17) is 0 Å². The smallest absolute Gasteiger partial charge is 0.326 e. The molecule has 1 N–H and O–H groups in total. The standard InChI is InChI=1S/C28H22BrF2N5O/c29-21-5-4-20(24(30)14-21)2-1-10-35-11-8-26-23(17-35)22-12-18(15-32)3-6-25(22)36(26)28(37)34-16-19-7-9-33-27(31)13-19/h1-7,9,12-14H,8,10-11,16-17H2,(H,34,37). The third-order valence-electron chi connectivity index (χ3n) is 6.42. The first-order valence-corrected chi connectivity index (χ1v) is 12.5. The Morgan fingerprint density at radius 2 is 2.05 bits per heavy atom. The van der Waals surface area contributed by atoms with Crippen LogP contribution >= 0.6 is 15.9 Å². The molecule has 9 heteroatoms. The van der Waals surface area contributed by atoms with Crippen LogP contribution in [0.3, 0.4) is 0 Å². The molecule has 2 aromatic heterocycles. The highest BCUT2D eigenvalue weighted by Crippen LogP contribution is 2.32. The summed E-state index contributed by atoms with van der Waals surface area (Å²) in [4.78, 5) is 19.0. The Labute approximate surface area is 221 Å². The number of pyridine rings is 1. The number of nitrogens with one attached hydrogen (secondary N) is 1. The van der Waals surface area contributed by atoms with Crippen molar-refractivity contribution >= 4 is 38.9 Å². The quantitative estimate of drug-likeness (QED) is 0.313. The molecule has 6 nitrogen and oxygen atoms in total. The van der Waals surface area contributed by atoms with E-state index in [-0.39, 0.29) is 18.4 Å². The van der Waals surface area contributed by atoms with Gasteiger partial charge in [0.25, 0.3) is 0 Å². The Bertz CT molecular complexity index is 1570. The maximum absolute atomic E-state index is 14.1. The monoisotopic (exact) mass is 561 g/mol. The van der Waals surface area contributed by atoms with Gasteiger partial charge in [0.2, 0.25) is 5.95 Å². The topological polar surface area (TPSA) is 74.0 Å². The van der Waals surface area contributed by atoms with Crippen LogP contribution in [0.1, 0.15) is 27.9 Å². The van der Waals surface area contributed by atoms with Crippen molar-refractivity contribution in [3.05, 3.63) is 105 Å². The number of fused-ring (bicyclic) bond motifs is 3. The van der Waals surface area contributed by atoms with E-state index in [1.54, 1.807) is 41.0 Å². The summed E-state index contributed by atoms with van der Waals surface area (Å²) in [5.74, 6) is -0.893. The van der Waals surface area contributed by atoms with Gasteiger partial charge in [0.05, 0.1) is 17.1 Å². The molecule has 5 rings (SSSR count). The molecule has 3 heterocycles. The summed E-state index contributed by atoms with van der Waals surface area (Å²) in [7, 11) is 0. The van der Waals surface area contributed by atoms with Crippen molar-refractivity contribution in [3.8, 4) is 6.07 Å². The van der Waals surface area contributed by atoms with Crippen molar-refractivity contribution in [2.24, 2.45) is 0 Å². The first kappa shape index (κ1) is 24.8. The van der Waals surface area contributed by atoms with Crippen molar-refractivity contribution in [1.29, 1.82) is 5.26 Å². The third-order valence-corrected chi connectivity index (χ3v) is 6.91. The van der Waals surface area contributed by atoms with Crippen molar-refractivity contribution in [2.45, 2.75) is 19.5 Å². The first-order chi connectivity index (χ1) is 17.9. The molecular formula is C28H22BrF2N5O. The Morgan fingerprint density at radius 3 is 2.84 bits per heavy atom. The van der Waals surface area contributed by atoms with Gasteiger partial charge in [0, 0.05) is 59.9 Å². The van der Waals surface area contributed by atoms with E-state index in [0.29, 0.717) is 47.2 Å². The summed E-state index contributed by atoms with van der Waals surface area (Å²) in [5, 5.41) is 13.2. The number of benzene rings is 2. The molecule has 1 amide bonds. The van der Waals surface area contributed by atoms with Crippen molar-refractivity contribution in [2.75, 3.05) is 13.1 Å². The molecule has 37 heavy (non-hydrogen) atoms. The van der Waals surface area contributed by atoms with Crippen LogP contribution in [0.25, 0.3) is 17.0 Å². The summed E-state index contributed by atoms with van der Waals surface area (Å²) in [6, 6.07) is 15.1. The molecule has 0 saturated heterocycles. The van der Waals surface area contributed by atoms with Gasteiger partial charge < -0.3 is 5.32 Å². The second kappa shape index (κ2) is 10.6. The maximum Gasteiger partial charge on any atom is 0.326 e. The zero-order valence-corrected chi connectivity index (χ0v) is 21.3. The minimum atomic E-state index is -0.600. The van der Waals surface area contributed by atoms with Crippen LogP contribution in [-0.4, -0.2) is 33.6 Å². The molecule has 0 spiro atoms. The van der Waals surface area contributed by atoms with Gasteiger partial charge in [-0.3, -0.25) is 9.47 Å². The summed E-state index contributed by atoms with van der Waals surface area (Å²) >= 11 is 3.27. The van der Waals surface area contributed by atoms with Crippen LogP contribution in [0.15, 0.2) is 65.3 Å². The highest BCUT2D eigenvalue weighted by Gasteiger charge is 2.26. The van der Waals surface area contributed by atoms with Crippen LogP contribution in [0, 0.1) is 23.1 Å². The second-order valence-corrected chi connectivity index (χ2v) is 9.72. The number of halogens is 3. The molecule has 0 saturated carbocycles. The molecule has 0 bridgehead atoms. The van der Waals surface area contributed by atoms with Gasteiger partial charge >= 0.3 is 6.03 Å². The number of carbonyl (C=O) groups excluding carboxylic acids is 1. The van der Waals surface area contributed by atoms with Gasteiger partial charge in [0.1, 0.15) is 5.82 Å². The lowest BCUT2D eigenvalue weighted by molar-refractivity contribution is 0.240. The highest BCUT2D eigenvalue weighted by atomic mass is 79.9. The predicted molar refractivity (Wildman–Crippen MR) is 141 cm³/mol. The lowest BCUT2D eigenvalue weighted by Gasteiger charge is -2.27. The Hall–Kier alpha value is -3.87. The van der Waals surface area contributed by atoms with E-state index in [2.05, 4.69) is 37.2 Å². The van der Waals surface area contributed by atoms with Crippen LogP contribution in [-0.2, 0) is 19.5 Å². The fourth-order valence-electron chi connectivity index (χ4n) is 4.65. The van der Waals surface area contributed by atoms with Crippen molar-refractivity contribution < 1.29 is 13.6 Å². The molecule has 0 unspecified atom stereocenters. The average Bonchev–Trinajstić information content (AvgIpc) is 3.21. The molecule has 1 aliphatic rings. The predicted octanol–water partition coefficient (Wildman–Crippen LogP) is 5.78. The largest absolute Gasteiger partial charge is 0.333 e. The SMILES string of the molecule is N#Cc1ccc2c(c1)c1c(n2C(=O)NCc2ccnc(F)c2)CCN(CC=Cc2ccc(Br)cc2F)C1. The summed E-state index contributed by atoms with van der Waals surface area (Å²) in [6.07, 6.45) is 5.69. The van der Waals surface area contributed by atoms with E-state index in [9.17, 15) is 18.8 Å². The molecule has 0 fully saturated rings. The van der Waals surface area contributed by atoms with Crippen molar-refractivity contribution in [3.63, 3.8) is 0 Å². The normalized spacial score (nSPS) is 13.6. The van der Waals surface area contributed by atoms with Gasteiger partial charge in [0.15, 0.2) is 0 Å². The van der Waals surface area contributed by atoms with Gasteiger partial charge in [-0.1, -0.05) is 34.1 Å². The Kier molecular flexibility index (Phi) is 7.12. The zero-order chi connectivity index (χ0) is 25.9. The van der Waals surface area contributed by atoms with Crippen molar-refractivity contribution in [1.82, 2.24) is 19.8 Å². The first-order valence-electron chi connectivity index (χ1n) is 11.7. The second-order valence-electron chi connectivity index (χ2n) is 8.80. The summed E-state index contributed by atoms with van der Waals surface area (Å²) < 4.78 is 29.9. The number of amides is 1. The number of aromatic nitrogens is 2. The lowest BCUT2D eigenvalue weighted by atomic mass is 10.0. The van der Waals surface area contributed by atoms with E-state index in [1.807, 2.05) is 12.1 Å². The van der Waals surface area contributed by atoms with Crippen LogP contribution in [0.4, 0.5) is 13.6 Å². The third kappa shape index (κ3) is 5.31. The van der Waals surface area contributed by atoms with E-state index >= 15 is 0 Å². The van der Waals surface area contributed by atoms with E-state index in [0.717, 1.165) is 22.2 Å². The molecular weight excluding hydrogens is 540 g/mol. The van der Waals surface area contributed by atoms with Gasteiger partial charge in [-0.05, 0) is 53.6 Å². The number of hydrogen-bond acceptors (Lipinski definition) is 4. The minimum absolute atomic E-state index is 0.159. The summed E-state index contributed by atoms with van der Waals surface area (Å²) in [6.45, 7) is 2.07. The molecule has 0 radical (unpaired) electrons. The Morgan fingerprint density at radius 1 is 1.19 bits per heavy atom. The number of nitrogens with zero attached hydrogens (tertiary/aromatic N) is 4. The molecule has 1 aliphatic heterocycles. The lowest BCUT2D eigenvalue weighted by Crippen LogP contribution is -2.34. The van der Waals surface area contributed by atoms with Crippen LogP contribution in [0.2, 0.25) is 0 Å². The molecule has 4 aromatic rings. The maximum atomic E-state index is 14.1. The number of nitriles is 1. The molecule has 2 aromatic carbocycles. The number of rotatable bonds is 5. The van der Waals surface area contributed by atoms with Gasteiger partial charge in [-0.25, -0.2) is 14.2 Å². The number of carbonyl (C=O) groups is 1.